The molecule has 1 unspecified atom stereocenters. The summed E-state index contributed by atoms with van der Waals surface area (Å²) in [7, 11) is 3.43. The number of morpholine rings is 1. The summed E-state index contributed by atoms with van der Waals surface area (Å²) in [6.45, 7) is 7.90. The van der Waals surface area contributed by atoms with Gasteiger partial charge in [-0.05, 0) is 30.2 Å². The molecule has 7 nitrogen and oxygen atoms in total. The Bertz CT molecular complexity index is 843. The van der Waals surface area contributed by atoms with Crippen molar-refractivity contribution in [2.75, 3.05) is 47.0 Å². The van der Waals surface area contributed by atoms with Gasteiger partial charge in [0.15, 0.2) is 5.96 Å². The maximum Gasteiger partial charge on any atom is 0.191 e. The topological polar surface area (TPSA) is 67.4 Å². The van der Waals surface area contributed by atoms with Crippen molar-refractivity contribution in [3.05, 3.63) is 59.7 Å². The van der Waals surface area contributed by atoms with Crippen molar-refractivity contribution in [3.8, 4) is 11.5 Å². The molecule has 0 aliphatic carbocycles. The third-order valence-electron chi connectivity index (χ3n) is 5.22. The lowest BCUT2D eigenvalue weighted by Crippen LogP contribution is -2.41. The fourth-order valence-corrected chi connectivity index (χ4v) is 3.47. The van der Waals surface area contributed by atoms with Crippen LogP contribution in [0.5, 0.6) is 11.5 Å². The monoisotopic (exact) mass is 554 g/mol. The van der Waals surface area contributed by atoms with E-state index in [0.717, 1.165) is 50.3 Å². The third-order valence-corrected chi connectivity index (χ3v) is 5.22. The zero-order valence-electron chi connectivity index (χ0n) is 19.2. The first kappa shape index (κ1) is 26.2. The molecule has 2 N–H and O–H groups in total. The minimum absolute atomic E-state index is 0. The maximum atomic E-state index is 5.98. The van der Waals surface area contributed by atoms with Gasteiger partial charge in [0.25, 0.3) is 0 Å². The number of ether oxygens (including phenoxy) is 3. The second-order valence-corrected chi connectivity index (χ2v) is 7.57. The van der Waals surface area contributed by atoms with Crippen LogP contribution in [0.4, 0.5) is 0 Å². The SMILES string of the molecule is CN=C(NCc1ccccc1CN1CCOCC1)NCC(C)Oc1cccc(OC)c1.I. The van der Waals surface area contributed by atoms with Gasteiger partial charge in [-0.25, -0.2) is 0 Å². The number of halogens is 1. The van der Waals surface area contributed by atoms with Crippen molar-refractivity contribution in [1.82, 2.24) is 15.5 Å². The number of guanidine groups is 1. The number of aliphatic imine (C=N–C) groups is 1. The minimum atomic E-state index is -0.0285. The van der Waals surface area contributed by atoms with E-state index < -0.39 is 0 Å². The van der Waals surface area contributed by atoms with Crippen molar-refractivity contribution in [3.63, 3.8) is 0 Å². The molecule has 0 aromatic heterocycles. The molecule has 0 spiro atoms. The number of rotatable bonds is 9. The van der Waals surface area contributed by atoms with Gasteiger partial charge in [-0.15, -0.1) is 24.0 Å². The van der Waals surface area contributed by atoms with Crippen LogP contribution in [0.1, 0.15) is 18.1 Å². The highest BCUT2D eigenvalue weighted by Crippen LogP contribution is 2.19. The largest absolute Gasteiger partial charge is 0.497 e. The lowest BCUT2D eigenvalue weighted by molar-refractivity contribution is 0.0341. The molecule has 1 heterocycles. The summed E-state index contributed by atoms with van der Waals surface area (Å²) < 4.78 is 16.7. The second-order valence-electron chi connectivity index (χ2n) is 7.57. The molecule has 1 aliphatic heterocycles. The molecular formula is C24H35IN4O3. The smallest absolute Gasteiger partial charge is 0.191 e. The van der Waals surface area contributed by atoms with Crippen LogP contribution < -0.4 is 20.1 Å². The first-order valence-corrected chi connectivity index (χ1v) is 10.8. The first-order chi connectivity index (χ1) is 15.2. The van der Waals surface area contributed by atoms with E-state index in [-0.39, 0.29) is 30.1 Å². The van der Waals surface area contributed by atoms with E-state index in [1.807, 2.05) is 31.2 Å². The van der Waals surface area contributed by atoms with Crippen molar-refractivity contribution in [1.29, 1.82) is 0 Å². The van der Waals surface area contributed by atoms with Crippen LogP contribution in [0.3, 0.4) is 0 Å². The molecule has 1 fully saturated rings. The van der Waals surface area contributed by atoms with Crippen molar-refractivity contribution < 1.29 is 14.2 Å². The molecule has 2 aromatic rings. The van der Waals surface area contributed by atoms with Crippen LogP contribution >= 0.6 is 24.0 Å². The summed E-state index contributed by atoms with van der Waals surface area (Å²) in [5, 5.41) is 6.77. The standard InChI is InChI=1S/C24H34N4O3.HI/c1-19(31-23-10-6-9-22(15-23)29-3)16-26-24(25-2)27-17-20-7-4-5-8-21(20)18-28-11-13-30-14-12-28;/h4-10,15,19H,11-14,16-18H2,1-3H3,(H2,25,26,27);1H. The van der Waals surface area contributed by atoms with Crippen LogP contribution in [0.25, 0.3) is 0 Å². The summed E-state index contributed by atoms with van der Waals surface area (Å²) in [6.07, 6.45) is -0.0285. The van der Waals surface area contributed by atoms with E-state index in [2.05, 4.69) is 44.8 Å². The predicted octanol–water partition coefficient (Wildman–Crippen LogP) is 3.28. The molecule has 1 aliphatic rings. The fraction of sp³-hybridized carbons (Fsp3) is 0.458. The number of hydrogen-bond donors (Lipinski definition) is 2. The molecule has 1 atom stereocenters. The number of methoxy groups -OCH3 is 1. The molecule has 0 amide bonds. The van der Waals surface area contributed by atoms with Gasteiger partial charge in [-0.2, -0.15) is 0 Å². The Morgan fingerprint density at radius 1 is 1.06 bits per heavy atom. The van der Waals surface area contributed by atoms with Gasteiger partial charge in [0, 0.05) is 39.3 Å². The Hall–Kier alpha value is -2.04. The Labute approximate surface area is 208 Å². The van der Waals surface area contributed by atoms with E-state index in [0.29, 0.717) is 13.1 Å². The highest BCUT2D eigenvalue weighted by Gasteiger charge is 2.13. The van der Waals surface area contributed by atoms with Crippen LogP contribution in [0.15, 0.2) is 53.5 Å². The highest BCUT2D eigenvalue weighted by atomic mass is 127. The first-order valence-electron chi connectivity index (χ1n) is 10.8. The summed E-state index contributed by atoms with van der Waals surface area (Å²) in [5.74, 6) is 2.32. The van der Waals surface area contributed by atoms with Gasteiger partial charge in [0.2, 0.25) is 0 Å². The number of hydrogen-bond acceptors (Lipinski definition) is 5. The van der Waals surface area contributed by atoms with Crippen LogP contribution in [-0.4, -0.2) is 64.0 Å². The number of nitrogens with zero attached hydrogens (tertiary/aromatic N) is 2. The molecule has 2 aromatic carbocycles. The molecule has 1 saturated heterocycles. The van der Waals surface area contributed by atoms with E-state index in [4.69, 9.17) is 14.2 Å². The van der Waals surface area contributed by atoms with Crippen LogP contribution in [0, 0.1) is 0 Å². The van der Waals surface area contributed by atoms with Gasteiger partial charge in [-0.3, -0.25) is 9.89 Å². The second kappa shape index (κ2) is 14.2. The van der Waals surface area contributed by atoms with E-state index >= 15 is 0 Å². The zero-order valence-corrected chi connectivity index (χ0v) is 21.5. The lowest BCUT2D eigenvalue weighted by Gasteiger charge is -2.27. The van der Waals surface area contributed by atoms with Crippen molar-refractivity contribution in [2.45, 2.75) is 26.1 Å². The highest BCUT2D eigenvalue weighted by molar-refractivity contribution is 14.0. The molecule has 0 saturated carbocycles. The molecule has 176 valence electrons. The molecule has 8 heteroatoms. The Morgan fingerprint density at radius 2 is 1.78 bits per heavy atom. The normalized spacial score (nSPS) is 15.4. The van der Waals surface area contributed by atoms with Gasteiger partial charge in [0.1, 0.15) is 17.6 Å². The van der Waals surface area contributed by atoms with Gasteiger partial charge < -0.3 is 24.8 Å². The Balaban J connectivity index is 0.00000363. The average molecular weight is 554 g/mol. The van der Waals surface area contributed by atoms with Crippen molar-refractivity contribution in [2.24, 2.45) is 4.99 Å². The number of nitrogens with one attached hydrogen (secondary N) is 2. The Kier molecular flexibility index (Phi) is 11.6. The summed E-state index contributed by atoms with van der Waals surface area (Å²) in [5.41, 5.74) is 2.61. The van der Waals surface area contributed by atoms with Gasteiger partial charge in [-0.1, -0.05) is 30.3 Å². The minimum Gasteiger partial charge on any atom is -0.497 e. The quantitative estimate of drug-likeness (QED) is 0.282. The predicted molar refractivity (Wildman–Crippen MR) is 139 cm³/mol. The molecule has 3 rings (SSSR count). The lowest BCUT2D eigenvalue weighted by atomic mass is 10.1. The van der Waals surface area contributed by atoms with Crippen LogP contribution in [-0.2, 0) is 17.8 Å². The van der Waals surface area contributed by atoms with Gasteiger partial charge in [0.05, 0.1) is 26.9 Å². The third kappa shape index (κ3) is 8.48. The maximum absolute atomic E-state index is 5.98. The summed E-state index contributed by atoms with van der Waals surface area (Å²) in [6, 6.07) is 16.2. The molecule has 0 bridgehead atoms. The van der Waals surface area contributed by atoms with E-state index in [1.54, 1.807) is 14.2 Å². The summed E-state index contributed by atoms with van der Waals surface area (Å²) in [4.78, 5) is 6.78. The molecule has 0 radical (unpaired) electrons. The Morgan fingerprint density at radius 3 is 2.50 bits per heavy atom. The van der Waals surface area contributed by atoms with Gasteiger partial charge >= 0.3 is 0 Å². The van der Waals surface area contributed by atoms with Crippen molar-refractivity contribution >= 4 is 29.9 Å². The average Bonchev–Trinajstić information content (AvgIpc) is 2.81. The fourth-order valence-electron chi connectivity index (χ4n) is 3.47. The van der Waals surface area contributed by atoms with E-state index in [9.17, 15) is 0 Å². The van der Waals surface area contributed by atoms with E-state index in [1.165, 1.54) is 11.1 Å². The molecular weight excluding hydrogens is 519 g/mol. The summed E-state index contributed by atoms with van der Waals surface area (Å²) >= 11 is 0. The van der Waals surface area contributed by atoms with Crippen LogP contribution in [0.2, 0.25) is 0 Å². The number of benzene rings is 2. The zero-order chi connectivity index (χ0) is 21.9. The molecule has 32 heavy (non-hydrogen) atoms.